The summed E-state index contributed by atoms with van der Waals surface area (Å²) in [5, 5.41) is 39.5. The van der Waals surface area contributed by atoms with E-state index in [1.807, 2.05) is 26.0 Å². The van der Waals surface area contributed by atoms with Crippen molar-refractivity contribution in [2.45, 2.75) is 20.4 Å². The first-order valence-corrected chi connectivity index (χ1v) is 9.69. The van der Waals surface area contributed by atoms with E-state index >= 15 is 0 Å². The van der Waals surface area contributed by atoms with Crippen LogP contribution in [0.2, 0.25) is 0 Å². The molecule has 0 radical (unpaired) electrons. The minimum Gasteiger partial charge on any atom is -0.505 e. The van der Waals surface area contributed by atoms with Gasteiger partial charge in [0.2, 0.25) is 5.88 Å². The van der Waals surface area contributed by atoms with Gasteiger partial charge in [-0.15, -0.1) is 10.2 Å². The Labute approximate surface area is 178 Å². The molecule has 0 saturated carbocycles. The zero-order chi connectivity index (χ0) is 22.1. The molecule has 7 nitrogen and oxygen atoms in total. The van der Waals surface area contributed by atoms with Crippen LogP contribution in [0.25, 0.3) is 22.0 Å². The van der Waals surface area contributed by atoms with Crippen molar-refractivity contribution in [2.75, 3.05) is 0 Å². The van der Waals surface area contributed by atoms with E-state index in [0.29, 0.717) is 16.5 Å². The van der Waals surface area contributed by atoms with Crippen LogP contribution in [0, 0.1) is 13.8 Å². The molecular formula is C24H21N3O4. The number of azo groups is 1. The molecule has 0 aliphatic rings. The summed E-state index contributed by atoms with van der Waals surface area (Å²) in [6.45, 7) is 3.58. The van der Waals surface area contributed by atoms with Crippen LogP contribution in [0.1, 0.15) is 11.1 Å². The highest BCUT2D eigenvalue weighted by Gasteiger charge is 2.18. The molecular weight excluding hydrogens is 394 g/mol. The number of phenols is 1. The van der Waals surface area contributed by atoms with E-state index < -0.39 is 12.5 Å². The Kier molecular flexibility index (Phi) is 5.17. The largest absolute Gasteiger partial charge is 0.505 e. The number of benzene rings is 3. The smallest absolute Gasteiger partial charge is 0.323 e. The van der Waals surface area contributed by atoms with E-state index in [1.165, 1.54) is 4.57 Å². The van der Waals surface area contributed by atoms with Gasteiger partial charge in [0.1, 0.15) is 12.2 Å². The van der Waals surface area contributed by atoms with Crippen LogP contribution in [-0.2, 0) is 11.3 Å². The summed E-state index contributed by atoms with van der Waals surface area (Å²) in [7, 11) is 0. The lowest BCUT2D eigenvalue weighted by atomic mass is 9.99. The molecule has 3 aromatic carbocycles. The molecule has 0 unspecified atom stereocenters. The van der Waals surface area contributed by atoms with Crippen LogP contribution in [0.3, 0.4) is 0 Å². The molecule has 0 atom stereocenters. The number of carboxylic acids is 1. The van der Waals surface area contributed by atoms with Crippen molar-refractivity contribution in [3.8, 4) is 22.8 Å². The molecule has 1 heterocycles. The molecule has 156 valence electrons. The van der Waals surface area contributed by atoms with Crippen LogP contribution >= 0.6 is 0 Å². The van der Waals surface area contributed by atoms with Crippen LogP contribution in [0.15, 0.2) is 70.9 Å². The van der Waals surface area contributed by atoms with Crippen molar-refractivity contribution in [2.24, 2.45) is 10.2 Å². The third kappa shape index (κ3) is 3.85. The molecule has 0 spiro atoms. The van der Waals surface area contributed by atoms with Crippen LogP contribution in [0.5, 0.6) is 11.6 Å². The summed E-state index contributed by atoms with van der Waals surface area (Å²) < 4.78 is 1.26. The predicted molar refractivity (Wildman–Crippen MR) is 118 cm³/mol. The van der Waals surface area contributed by atoms with Gasteiger partial charge in [-0.3, -0.25) is 9.36 Å². The Balaban J connectivity index is 1.79. The van der Waals surface area contributed by atoms with Crippen molar-refractivity contribution in [3.05, 3.63) is 71.8 Å². The van der Waals surface area contributed by atoms with Crippen LogP contribution < -0.4 is 0 Å². The number of para-hydroxylation sites is 2. The number of carboxylic acid groups (broad SMARTS) is 1. The maximum atomic E-state index is 11.2. The Morgan fingerprint density at radius 1 is 0.935 bits per heavy atom. The Hall–Kier alpha value is -4.13. The van der Waals surface area contributed by atoms with Gasteiger partial charge in [0.15, 0.2) is 11.4 Å². The fraction of sp³-hybridized carbons (Fsp3) is 0.125. The van der Waals surface area contributed by atoms with Gasteiger partial charge in [-0.25, -0.2) is 0 Å². The summed E-state index contributed by atoms with van der Waals surface area (Å²) in [4.78, 5) is 11.2. The SMILES string of the molecule is Cc1cc(C)cc(-c2cccc(N=Nc3c(O)n(CC(=O)O)c4ccccc34)c2O)c1. The second-order valence-corrected chi connectivity index (χ2v) is 7.42. The summed E-state index contributed by atoms with van der Waals surface area (Å²) in [6.07, 6.45) is 0. The molecule has 0 aliphatic heterocycles. The number of fused-ring (bicyclic) bond motifs is 1. The van der Waals surface area contributed by atoms with Gasteiger partial charge >= 0.3 is 5.97 Å². The Morgan fingerprint density at radius 2 is 1.65 bits per heavy atom. The minimum absolute atomic E-state index is 0.0231. The number of nitrogens with zero attached hydrogens (tertiary/aromatic N) is 3. The van der Waals surface area contributed by atoms with Gasteiger partial charge in [-0.05, 0) is 31.5 Å². The zero-order valence-electron chi connectivity index (χ0n) is 17.1. The first kappa shape index (κ1) is 20.2. The van der Waals surface area contributed by atoms with Crippen molar-refractivity contribution in [3.63, 3.8) is 0 Å². The van der Waals surface area contributed by atoms with Gasteiger partial charge in [0.05, 0.1) is 5.52 Å². The van der Waals surface area contributed by atoms with Gasteiger partial charge < -0.3 is 15.3 Å². The number of rotatable bonds is 5. The molecule has 7 heteroatoms. The lowest BCUT2D eigenvalue weighted by molar-refractivity contribution is -0.137. The minimum atomic E-state index is -1.08. The second-order valence-electron chi connectivity index (χ2n) is 7.42. The number of carbonyl (C=O) groups is 1. The number of aromatic nitrogens is 1. The number of aryl methyl sites for hydroxylation is 2. The summed E-state index contributed by atoms with van der Waals surface area (Å²) >= 11 is 0. The monoisotopic (exact) mass is 415 g/mol. The van der Waals surface area contributed by atoms with Gasteiger partial charge in [0.25, 0.3) is 0 Å². The molecule has 0 fully saturated rings. The van der Waals surface area contributed by atoms with E-state index in [0.717, 1.165) is 16.7 Å². The maximum absolute atomic E-state index is 11.2. The third-order valence-electron chi connectivity index (χ3n) is 5.02. The quantitative estimate of drug-likeness (QED) is 0.356. The fourth-order valence-corrected chi connectivity index (χ4v) is 3.74. The van der Waals surface area contributed by atoms with E-state index in [2.05, 4.69) is 16.3 Å². The highest BCUT2D eigenvalue weighted by molar-refractivity contribution is 5.95. The fourth-order valence-electron chi connectivity index (χ4n) is 3.74. The molecule has 1 aromatic heterocycles. The molecule has 0 saturated heterocycles. The van der Waals surface area contributed by atoms with E-state index in [4.69, 9.17) is 5.11 Å². The first-order valence-electron chi connectivity index (χ1n) is 9.69. The van der Waals surface area contributed by atoms with Gasteiger partial charge in [-0.1, -0.05) is 59.7 Å². The molecule has 0 bridgehead atoms. The average molecular weight is 415 g/mol. The normalized spacial score (nSPS) is 11.4. The molecule has 0 amide bonds. The molecule has 31 heavy (non-hydrogen) atoms. The number of hydrogen-bond donors (Lipinski definition) is 3. The molecule has 0 aliphatic carbocycles. The molecule has 4 rings (SSSR count). The number of hydrogen-bond acceptors (Lipinski definition) is 5. The summed E-state index contributed by atoms with van der Waals surface area (Å²) in [6, 6.07) is 18.2. The standard InChI is InChI=1S/C24H21N3O4/c1-14-10-15(2)12-16(11-14)17-7-5-8-19(23(17)30)25-26-22-18-6-3-4-9-20(18)27(24(22)31)13-21(28)29/h3-12,30-31H,13H2,1-2H3,(H,28,29). The topological polar surface area (TPSA) is 107 Å². The predicted octanol–water partition coefficient (Wildman–Crippen LogP) is 5.84. The van der Waals surface area contributed by atoms with Crippen molar-refractivity contribution in [1.82, 2.24) is 4.57 Å². The summed E-state index contributed by atoms with van der Waals surface area (Å²) in [5.41, 5.74) is 4.58. The van der Waals surface area contributed by atoms with E-state index in [9.17, 15) is 15.0 Å². The average Bonchev–Trinajstić information content (AvgIpc) is 2.97. The number of aromatic hydroxyl groups is 2. The van der Waals surface area contributed by atoms with Crippen LogP contribution in [-0.4, -0.2) is 25.9 Å². The van der Waals surface area contributed by atoms with Crippen molar-refractivity contribution in [1.29, 1.82) is 0 Å². The second kappa shape index (κ2) is 7.95. The summed E-state index contributed by atoms with van der Waals surface area (Å²) in [5.74, 6) is -1.40. The van der Waals surface area contributed by atoms with Crippen molar-refractivity contribution < 1.29 is 20.1 Å². The van der Waals surface area contributed by atoms with E-state index in [-0.39, 0.29) is 23.0 Å². The zero-order valence-corrected chi connectivity index (χ0v) is 17.1. The highest BCUT2D eigenvalue weighted by atomic mass is 16.4. The lowest BCUT2D eigenvalue weighted by Gasteiger charge is -2.09. The maximum Gasteiger partial charge on any atom is 0.323 e. The van der Waals surface area contributed by atoms with E-state index in [1.54, 1.807) is 42.5 Å². The third-order valence-corrected chi connectivity index (χ3v) is 5.02. The van der Waals surface area contributed by atoms with Crippen LogP contribution in [0.4, 0.5) is 11.4 Å². The number of phenolic OH excluding ortho intramolecular Hbond substituents is 1. The first-order chi connectivity index (χ1) is 14.8. The number of aliphatic carboxylic acids is 1. The van der Waals surface area contributed by atoms with Gasteiger partial charge in [-0.2, -0.15) is 0 Å². The highest BCUT2D eigenvalue weighted by Crippen LogP contribution is 2.42. The van der Waals surface area contributed by atoms with Gasteiger partial charge in [0, 0.05) is 10.9 Å². The molecule has 3 N–H and O–H groups in total. The Bertz CT molecular complexity index is 1320. The molecule has 4 aromatic rings. The van der Waals surface area contributed by atoms with Crippen molar-refractivity contribution >= 4 is 28.2 Å². The lowest BCUT2D eigenvalue weighted by Crippen LogP contribution is -2.07. The Morgan fingerprint density at radius 3 is 2.35 bits per heavy atom.